The third-order valence-corrected chi connectivity index (χ3v) is 4.04. The molecular formula is C10H12ClFN2S. The summed E-state index contributed by atoms with van der Waals surface area (Å²) in [5, 5.41) is 3.95. The first kappa shape index (κ1) is 11.0. The van der Waals surface area contributed by atoms with Crippen molar-refractivity contribution in [3.05, 3.63) is 23.1 Å². The van der Waals surface area contributed by atoms with Crippen molar-refractivity contribution in [3.63, 3.8) is 0 Å². The molecule has 1 saturated heterocycles. The number of hydrogen-bond acceptors (Lipinski definition) is 3. The van der Waals surface area contributed by atoms with Crippen LogP contribution >= 0.6 is 23.4 Å². The van der Waals surface area contributed by atoms with Crippen LogP contribution in [0.1, 0.15) is 13.3 Å². The molecule has 2 heterocycles. The van der Waals surface area contributed by atoms with E-state index >= 15 is 0 Å². The van der Waals surface area contributed by atoms with E-state index < -0.39 is 0 Å². The molecule has 1 aliphatic rings. The van der Waals surface area contributed by atoms with Gasteiger partial charge in [0.25, 0.3) is 0 Å². The van der Waals surface area contributed by atoms with E-state index in [1.165, 1.54) is 12.3 Å². The molecule has 2 unspecified atom stereocenters. The highest BCUT2D eigenvalue weighted by Crippen LogP contribution is 2.29. The smallest absolute Gasteiger partial charge is 0.166 e. The average Bonchev–Trinajstić information content (AvgIpc) is 2.57. The normalized spacial score (nSPS) is 25.5. The number of anilines is 1. The monoisotopic (exact) mass is 246 g/mol. The summed E-state index contributed by atoms with van der Waals surface area (Å²) in [7, 11) is 0. The van der Waals surface area contributed by atoms with E-state index in [1.807, 2.05) is 11.8 Å². The number of nitrogens with zero attached hydrogens (tertiary/aromatic N) is 1. The van der Waals surface area contributed by atoms with Crippen LogP contribution in [0.15, 0.2) is 12.3 Å². The maximum Gasteiger partial charge on any atom is 0.166 e. The largest absolute Gasteiger partial charge is 0.364 e. The summed E-state index contributed by atoms with van der Waals surface area (Å²) in [4.78, 5) is 3.95. The lowest BCUT2D eigenvalue weighted by molar-refractivity contribution is 0.615. The molecule has 1 aromatic rings. The molecule has 2 nitrogen and oxygen atoms in total. The van der Waals surface area contributed by atoms with Gasteiger partial charge in [0, 0.05) is 17.5 Å². The van der Waals surface area contributed by atoms with Gasteiger partial charge in [0.2, 0.25) is 0 Å². The number of thioether (sulfide) groups is 1. The van der Waals surface area contributed by atoms with Crippen molar-refractivity contribution in [2.75, 3.05) is 11.1 Å². The van der Waals surface area contributed by atoms with E-state index in [0.29, 0.717) is 22.1 Å². The van der Waals surface area contributed by atoms with Gasteiger partial charge in [-0.2, -0.15) is 11.8 Å². The summed E-state index contributed by atoms with van der Waals surface area (Å²) in [6.45, 7) is 2.14. The van der Waals surface area contributed by atoms with E-state index in [4.69, 9.17) is 11.6 Å². The molecular weight excluding hydrogens is 235 g/mol. The van der Waals surface area contributed by atoms with Crippen LogP contribution in [-0.4, -0.2) is 22.0 Å². The molecule has 0 amide bonds. The Bertz CT molecular complexity index is 361. The van der Waals surface area contributed by atoms with Crippen LogP contribution in [0.2, 0.25) is 5.02 Å². The molecule has 2 rings (SSSR count). The zero-order chi connectivity index (χ0) is 10.8. The molecule has 1 N–H and O–H groups in total. The maximum absolute atomic E-state index is 13.4. The number of pyridine rings is 1. The predicted molar refractivity (Wildman–Crippen MR) is 63.2 cm³/mol. The van der Waals surface area contributed by atoms with Crippen LogP contribution in [0.3, 0.4) is 0 Å². The van der Waals surface area contributed by atoms with Gasteiger partial charge in [-0.15, -0.1) is 0 Å². The van der Waals surface area contributed by atoms with Crippen LogP contribution in [0.4, 0.5) is 10.2 Å². The van der Waals surface area contributed by atoms with Gasteiger partial charge in [0.15, 0.2) is 11.6 Å². The van der Waals surface area contributed by atoms with E-state index in [9.17, 15) is 4.39 Å². The molecule has 1 aliphatic heterocycles. The van der Waals surface area contributed by atoms with Crippen molar-refractivity contribution >= 4 is 29.2 Å². The van der Waals surface area contributed by atoms with Crippen molar-refractivity contribution < 1.29 is 4.39 Å². The van der Waals surface area contributed by atoms with Crippen LogP contribution in [0.25, 0.3) is 0 Å². The van der Waals surface area contributed by atoms with Crippen LogP contribution in [-0.2, 0) is 0 Å². The average molecular weight is 247 g/mol. The summed E-state index contributed by atoms with van der Waals surface area (Å²) in [6, 6.07) is 1.59. The Balaban J connectivity index is 2.10. The fourth-order valence-corrected chi connectivity index (χ4v) is 2.96. The highest BCUT2D eigenvalue weighted by molar-refractivity contribution is 8.00. The maximum atomic E-state index is 13.4. The Hall–Kier alpha value is -0.480. The van der Waals surface area contributed by atoms with E-state index in [2.05, 4.69) is 17.2 Å². The summed E-state index contributed by atoms with van der Waals surface area (Å²) in [5.41, 5.74) is 0. The topological polar surface area (TPSA) is 24.9 Å². The molecule has 1 aromatic heterocycles. The zero-order valence-corrected chi connectivity index (χ0v) is 9.91. The second-order valence-electron chi connectivity index (χ2n) is 3.60. The first-order chi connectivity index (χ1) is 7.16. The minimum Gasteiger partial charge on any atom is -0.364 e. The Kier molecular flexibility index (Phi) is 3.36. The summed E-state index contributed by atoms with van der Waals surface area (Å²) in [6.07, 6.45) is 2.51. The second kappa shape index (κ2) is 4.58. The molecule has 82 valence electrons. The fourth-order valence-electron chi connectivity index (χ4n) is 1.62. The first-order valence-corrected chi connectivity index (χ1v) is 6.28. The quantitative estimate of drug-likeness (QED) is 0.868. The van der Waals surface area contributed by atoms with Crippen molar-refractivity contribution in [1.82, 2.24) is 4.98 Å². The molecule has 15 heavy (non-hydrogen) atoms. The Morgan fingerprint density at radius 3 is 3.07 bits per heavy atom. The van der Waals surface area contributed by atoms with Crippen LogP contribution in [0, 0.1) is 5.82 Å². The van der Waals surface area contributed by atoms with Gasteiger partial charge >= 0.3 is 0 Å². The van der Waals surface area contributed by atoms with Crippen LogP contribution in [0.5, 0.6) is 0 Å². The molecule has 0 bridgehead atoms. The number of hydrogen-bond donors (Lipinski definition) is 1. The third kappa shape index (κ3) is 2.55. The second-order valence-corrected chi connectivity index (χ2v) is 5.52. The first-order valence-electron chi connectivity index (χ1n) is 4.86. The molecule has 0 saturated carbocycles. The van der Waals surface area contributed by atoms with E-state index in [1.54, 1.807) is 0 Å². The van der Waals surface area contributed by atoms with Crippen molar-refractivity contribution in [2.45, 2.75) is 24.6 Å². The number of halogens is 2. The van der Waals surface area contributed by atoms with Gasteiger partial charge in [0.05, 0.1) is 5.02 Å². The SMILES string of the molecule is CC1SCCC1Nc1ncc(Cl)cc1F. The minimum absolute atomic E-state index is 0.304. The van der Waals surface area contributed by atoms with Crippen molar-refractivity contribution in [1.29, 1.82) is 0 Å². The number of aromatic nitrogens is 1. The lowest BCUT2D eigenvalue weighted by Crippen LogP contribution is -2.25. The molecule has 1 fully saturated rings. The van der Waals surface area contributed by atoms with Gasteiger partial charge in [-0.25, -0.2) is 9.37 Å². The lowest BCUT2D eigenvalue weighted by Gasteiger charge is -2.17. The standard InChI is InChI=1S/C10H12ClFN2S/c1-6-9(2-3-15-6)14-10-8(12)4-7(11)5-13-10/h4-6,9H,2-3H2,1H3,(H,13,14). The number of nitrogens with one attached hydrogen (secondary N) is 1. The Morgan fingerprint density at radius 2 is 2.47 bits per heavy atom. The van der Waals surface area contributed by atoms with Crippen LogP contribution < -0.4 is 5.32 Å². The molecule has 0 aromatic carbocycles. The minimum atomic E-state index is -0.383. The Labute approximate surface area is 97.6 Å². The van der Waals surface area contributed by atoms with Gasteiger partial charge in [0.1, 0.15) is 0 Å². The van der Waals surface area contributed by atoms with Crippen molar-refractivity contribution in [3.8, 4) is 0 Å². The number of rotatable bonds is 2. The van der Waals surface area contributed by atoms with E-state index in [0.717, 1.165) is 12.2 Å². The summed E-state index contributed by atoms with van der Waals surface area (Å²) >= 11 is 7.52. The molecule has 0 aliphatic carbocycles. The Morgan fingerprint density at radius 1 is 1.67 bits per heavy atom. The molecule has 0 radical (unpaired) electrons. The van der Waals surface area contributed by atoms with Gasteiger partial charge < -0.3 is 5.32 Å². The van der Waals surface area contributed by atoms with Gasteiger partial charge in [-0.1, -0.05) is 18.5 Å². The van der Waals surface area contributed by atoms with Gasteiger partial charge in [-0.3, -0.25) is 0 Å². The summed E-state index contributed by atoms with van der Waals surface area (Å²) in [5.74, 6) is 1.04. The third-order valence-electron chi connectivity index (χ3n) is 2.51. The highest BCUT2D eigenvalue weighted by atomic mass is 35.5. The fraction of sp³-hybridized carbons (Fsp3) is 0.500. The highest BCUT2D eigenvalue weighted by Gasteiger charge is 2.24. The van der Waals surface area contributed by atoms with Crippen molar-refractivity contribution in [2.24, 2.45) is 0 Å². The molecule has 0 spiro atoms. The van der Waals surface area contributed by atoms with Gasteiger partial charge in [-0.05, 0) is 18.2 Å². The molecule has 2 atom stereocenters. The zero-order valence-electron chi connectivity index (χ0n) is 8.34. The summed E-state index contributed by atoms with van der Waals surface area (Å²) < 4.78 is 13.4. The predicted octanol–water partition coefficient (Wildman–Crippen LogP) is 3.18. The lowest BCUT2D eigenvalue weighted by atomic mass is 10.2. The molecule has 5 heteroatoms. The van der Waals surface area contributed by atoms with E-state index in [-0.39, 0.29) is 5.82 Å².